The summed E-state index contributed by atoms with van der Waals surface area (Å²) in [5.74, 6) is -4.26. The molecule has 0 spiro atoms. The van der Waals surface area contributed by atoms with Gasteiger partial charge in [-0.15, -0.1) is 23.2 Å². The van der Waals surface area contributed by atoms with Gasteiger partial charge in [0.1, 0.15) is 10.2 Å². The average Bonchev–Trinajstić information content (AvgIpc) is 3.30. The van der Waals surface area contributed by atoms with Crippen LogP contribution in [0.3, 0.4) is 0 Å². The van der Waals surface area contributed by atoms with Gasteiger partial charge in [0.25, 0.3) is 6.43 Å². The Kier molecular flexibility index (Phi) is 7.53. The van der Waals surface area contributed by atoms with E-state index in [2.05, 4.69) is 10.6 Å². The summed E-state index contributed by atoms with van der Waals surface area (Å²) in [4.78, 5) is 24.3. The minimum absolute atomic E-state index is 0.0198. The fraction of sp³-hybridized carbons (Fsp3) is 0.364. The molecule has 178 valence electrons. The van der Waals surface area contributed by atoms with Crippen molar-refractivity contribution >= 4 is 40.7 Å². The lowest BCUT2D eigenvalue weighted by Crippen LogP contribution is -2.25. The minimum atomic E-state index is -3.04. The van der Waals surface area contributed by atoms with E-state index in [-0.39, 0.29) is 12.1 Å². The van der Waals surface area contributed by atoms with Crippen LogP contribution in [0, 0.1) is 18.7 Å². The van der Waals surface area contributed by atoms with Gasteiger partial charge in [-0.1, -0.05) is 12.1 Å². The molecule has 2 N–H and O–H groups in total. The summed E-state index contributed by atoms with van der Waals surface area (Å²) in [6.07, 6.45) is -6.71. The molecule has 2 aromatic carbocycles. The largest absolute Gasteiger partial charge is 0.352 e. The summed E-state index contributed by atoms with van der Waals surface area (Å²) in [7, 11) is 0. The molecule has 33 heavy (non-hydrogen) atoms. The van der Waals surface area contributed by atoms with E-state index < -0.39 is 58.6 Å². The van der Waals surface area contributed by atoms with Crippen LogP contribution in [-0.4, -0.2) is 22.6 Å². The number of carbonyl (C=O) groups is 2. The van der Waals surface area contributed by atoms with Crippen LogP contribution in [0.4, 0.5) is 27.6 Å². The molecule has 0 bridgehead atoms. The van der Waals surface area contributed by atoms with Crippen molar-refractivity contribution in [1.29, 1.82) is 0 Å². The number of halogens is 7. The monoisotopic (exact) mass is 508 g/mol. The fourth-order valence-corrected chi connectivity index (χ4v) is 4.38. The number of anilines is 1. The number of carbonyl (C=O) groups excluding carboxylic acids is 2. The SMILES string of the molecule is Cc1ccc(NC(=O)C2C(c3ccc(F)c(C(F)F)c3)C2(Cl)Cl)cc1CNC(=O)CC(F)F. The number of aryl methyl sites for hydroxylation is 1. The Balaban J connectivity index is 1.71. The van der Waals surface area contributed by atoms with Gasteiger partial charge in [0, 0.05) is 18.2 Å². The predicted octanol–water partition coefficient (Wildman–Crippen LogP) is 5.87. The number of benzene rings is 2. The van der Waals surface area contributed by atoms with Crippen molar-refractivity contribution in [3.05, 3.63) is 64.5 Å². The predicted molar refractivity (Wildman–Crippen MR) is 114 cm³/mol. The lowest BCUT2D eigenvalue weighted by molar-refractivity contribution is -0.123. The molecule has 2 atom stereocenters. The summed E-state index contributed by atoms with van der Waals surface area (Å²) >= 11 is 12.5. The van der Waals surface area contributed by atoms with Crippen molar-refractivity contribution in [2.45, 2.75) is 43.0 Å². The van der Waals surface area contributed by atoms with Gasteiger partial charge >= 0.3 is 0 Å². The Morgan fingerprint density at radius 1 is 1.09 bits per heavy atom. The third kappa shape index (κ3) is 5.76. The Labute approximate surface area is 196 Å². The topological polar surface area (TPSA) is 58.2 Å². The summed E-state index contributed by atoms with van der Waals surface area (Å²) in [5, 5.41) is 5.01. The molecule has 1 fully saturated rings. The molecular formula is C22H19Cl2F5N2O2. The first-order valence-corrected chi connectivity index (χ1v) is 10.6. The molecule has 0 aromatic heterocycles. The van der Waals surface area contributed by atoms with Crippen molar-refractivity contribution < 1.29 is 31.5 Å². The number of nitrogens with one attached hydrogen (secondary N) is 2. The zero-order valence-electron chi connectivity index (χ0n) is 17.1. The molecule has 1 saturated carbocycles. The van der Waals surface area contributed by atoms with Crippen LogP contribution in [-0.2, 0) is 16.1 Å². The van der Waals surface area contributed by atoms with Crippen LogP contribution in [0.15, 0.2) is 36.4 Å². The van der Waals surface area contributed by atoms with E-state index in [0.717, 1.165) is 17.7 Å². The van der Waals surface area contributed by atoms with Gasteiger partial charge in [-0.2, -0.15) is 0 Å². The molecular weight excluding hydrogens is 490 g/mol. The van der Waals surface area contributed by atoms with E-state index in [0.29, 0.717) is 11.3 Å². The Morgan fingerprint density at radius 3 is 2.42 bits per heavy atom. The van der Waals surface area contributed by atoms with E-state index in [9.17, 15) is 31.5 Å². The van der Waals surface area contributed by atoms with Gasteiger partial charge in [-0.05, 0) is 47.9 Å². The quantitative estimate of drug-likeness (QED) is 0.346. The van der Waals surface area contributed by atoms with E-state index in [1.54, 1.807) is 25.1 Å². The standard InChI is InChI=1S/C22H19Cl2F5N2O2/c1-10-2-4-13(6-12(10)9-30-17(32)8-16(26)27)31-21(33)19-18(22(19,23)24)11-3-5-15(25)14(7-11)20(28)29/h2-7,16,18-20H,8-9H2,1H3,(H,30,32)(H,31,33). The molecule has 11 heteroatoms. The highest BCUT2D eigenvalue weighted by atomic mass is 35.5. The van der Waals surface area contributed by atoms with Crippen LogP contribution in [0.25, 0.3) is 0 Å². The molecule has 0 radical (unpaired) electrons. The minimum Gasteiger partial charge on any atom is -0.352 e. The second-order valence-corrected chi connectivity index (χ2v) is 9.16. The van der Waals surface area contributed by atoms with Gasteiger partial charge < -0.3 is 10.6 Å². The average molecular weight is 509 g/mol. The first kappa shape index (κ1) is 25.2. The van der Waals surface area contributed by atoms with Gasteiger partial charge in [0.15, 0.2) is 0 Å². The van der Waals surface area contributed by atoms with Gasteiger partial charge in [0.05, 0.1) is 17.9 Å². The number of hydrogen-bond acceptors (Lipinski definition) is 2. The van der Waals surface area contributed by atoms with Crippen molar-refractivity contribution in [2.75, 3.05) is 5.32 Å². The Morgan fingerprint density at radius 2 is 1.79 bits per heavy atom. The van der Waals surface area contributed by atoms with Crippen LogP contribution in [0.1, 0.15) is 41.0 Å². The van der Waals surface area contributed by atoms with Gasteiger partial charge in [-0.3, -0.25) is 9.59 Å². The maximum absolute atomic E-state index is 13.6. The van der Waals surface area contributed by atoms with Crippen molar-refractivity contribution in [3.63, 3.8) is 0 Å². The van der Waals surface area contributed by atoms with E-state index in [1.807, 2.05) is 0 Å². The van der Waals surface area contributed by atoms with E-state index >= 15 is 0 Å². The number of rotatable bonds is 8. The molecule has 4 nitrogen and oxygen atoms in total. The lowest BCUT2D eigenvalue weighted by Gasteiger charge is -2.12. The molecule has 2 amide bonds. The van der Waals surface area contributed by atoms with Gasteiger partial charge in [-0.25, -0.2) is 22.0 Å². The van der Waals surface area contributed by atoms with Crippen molar-refractivity contribution in [2.24, 2.45) is 5.92 Å². The number of amides is 2. The second-order valence-electron chi connectivity index (χ2n) is 7.71. The van der Waals surface area contributed by atoms with Crippen LogP contribution in [0.2, 0.25) is 0 Å². The zero-order chi connectivity index (χ0) is 24.5. The molecule has 0 heterocycles. The Hall–Kier alpha value is -2.39. The van der Waals surface area contributed by atoms with E-state index in [4.69, 9.17) is 23.2 Å². The molecule has 1 aliphatic rings. The number of alkyl halides is 6. The van der Waals surface area contributed by atoms with Crippen LogP contribution >= 0.6 is 23.2 Å². The normalized spacial score (nSPS) is 19.0. The third-order valence-corrected chi connectivity index (χ3v) is 6.32. The maximum Gasteiger partial charge on any atom is 0.266 e. The van der Waals surface area contributed by atoms with Gasteiger partial charge in [0.2, 0.25) is 18.2 Å². The molecule has 1 aliphatic carbocycles. The third-order valence-electron chi connectivity index (χ3n) is 5.38. The van der Waals surface area contributed by atoms with Crippen molar-refractivity contribution in [1.82, 2.24) is 5.32 Å². The lowest BCUT2D eigenvalue weighted by atomic mass is 10.0. The maximum atomic E-state index is 13.6. The van der Waals surface area contributed by atoms with E-state index in [1.165, 1.54) is 6.07 Å². The molecule has 0 aliphatic heterocycles. The smallest absolute Gasteiger partial charge is 0.266 e. The second kappa shape index (κ2) is 9.85. The highest BCUT2D eigenvalue weighted by molar-refractivity contribution is 6.53. The summed E-state index contributed by atoms with van der Waals surface area (Å²) in [5.41, 5.74) is 1.09. The zero-order valence-corrected chi connectivity index (χ0v) is 18.7. The molecule has 2 aromatic rings. The first-order chi connectivity index (χ1) is 15.4. The summed E-state index contributed by atoms with van der Waals surface area (Å²) in [6, 6.07) is 7.89. The highest BCUT2D eigenvalue weighted by Crippen LogP contribution is 2.65. The Bertz CT molecular complexity index is 1070. The summed E-state index contributed by atoms with van der Waals surface area (Å²) < 4.78 is 62.7. The molecule has 2 unspecified atom stereocenters. The highest BCUT2D eigenvalue weighted by Gasteiger charge is 2.67. The van der Waals surface area contributed by atoms with Crippen LogP contribution in [0.5, 0.6) is 0 Å². The summed E-state index contributed by atoms with van der Waals surface area (Å²) in [6.45, 7) is 1.73. The van der Waals surface area contributed by atoms with Crippen molar-refractivity contribution in [3.8, 4) is 0 Å². The molecule has 0 saturated heterocycles. The fourth-order valence-electron chi connectivity index (χ4n) is 3.56. The van der Waals surface area contributed by atoms with Crippen LogP contribution < -0.4 is 10.6 Å². The molecule has 3 rings (SSSR count). The first-order valence-electron chi connectivity index (χ1n) is 9.82. The number of hydrogen-bond donors (Lipinski definition) is 2.